The minimum absolute atomic E-state index is 0.490. The van der Waals surface area contributed by atoms with Gasteiger partial charge in [-0.05, 0) is 25.7 Å². The maximum atomic E-state index is 11.1. The van der Waals surface area contributed by atoms with Gasteiger partial charge in [-0.1, -0.05) is 34.1 Å². The third-order valence-corrected chi connectivity index (χ3v) is 2.85. The number of aliphatic carboxylic acids is 1. The van der Waals surface area contributed by atoms with Crippen LogP contribution in [0.25, 0.3) is 0 Å². The lowest BCUT2D eigenvalue weighted by molar-refractivity contribution is -0.139. The Kier molecular flexibility index (Phi) is 4.29. The Labute approximate surface area is 97.8 Å². The molecule has 15 heavy (non-hydrogen) atoms. The molecule has 3 nitrogen and oxygen atoms in total. The quantitative estimate of drug-likeness (QED) is 0.913. The van der Waals surface area contributed by atoms with E-state index in [1.165, 1.54) is 0 Å². The van der Waals surface area contributed by atoms with Gasteiger partial charge in [0, 0.05) is 11.0 Å². The molecule has 0 aliphatic rings. The number of benzene rings is 1. The molecule has 0 aliphatic carbocycles. The first-order valence-electron chi connectivity index (χ1n) is 4.64. The minimum Gasteiger partial charge on any atom is -0.481 e. The van der Waals surface area contributed by atoms with Crippen LogP contribution in [0.3, 0.4) is 0 Å². The summed E-state index contributed by atoms with van der Waals surface area (Å²) in [6.07, 6.45) is 0. The predicted molar refractivity (Wildman–Crippen MR) is 63.1 cm³/mol. The molecule has 82 valence electrons. The lowest BCUT2D eigenvalue weighted by Crippen LogP contribution is -2.26. The molecule has 4 heteroatoms. The molecule has 1 rings (SSSR count). The van der Waals surface area contributed by atoms with E-state index in [0.717, 1.165) is 10.0 Å². The molecule has 0 amide bonds. The van der Waals surface area contributed by atoms with E-state index in [4.69, 9.17) is 5.11 Å². The van der Waals surface area contributed by atoms with Crippen LogP contribution in [-0.2, 0) is 4.79 Å². The average molecular weight is 272 g/mol. The topological polar surface area (TPSA) is 40.5 Å². The Balaban J connectivity index is 2.99. The van der Waals surface area contributed by atoms with Crippen LogP contribution in [0.5, 0.6) is 0 Å². The second-order valence-corrected chi connectivity index (χ2v) is 4.53. The molecule has 0 saturated heterocycles. The number of likely N-dealkylation sites (N-methyl/N-ethyl adjacent to an activating group) is 1. The fraction of sp³-hybridized carbons (Fsp3) is 0.364. The molecular weight excluding hydrogens is 258 g/mol. The second-order valence-electron chi connectivity index (χ2n) is 3.67. The van der Waals surface area contributed by atoms with Gasteiger partial charge in [0.15, 0.2) is 0 Å². The summed E-state index contributed by atoms with van der Waals surface area (Å²) in [6, 6.07) is 7.43. The summed E-state index contributed by atoms with van der Waals surface area (Å²) in [5, 5.41) is 9.15. The maximum Gasteiger partial charge on any atom is 0.312 e. The average Bonchev–Trinajstić information content (AvgIpc) is 2.15. The van der Waals surface area contributed by atoms with Crippen molar-refractivity contribution < 1.29 is 9.90 Å². The zero-order valence-corrected chi connectivity index (χ0v) is 10.4. The van der Waals surface area contributed by atoms with Gasteiger partial charge in [-0.15, -0.1) is 0 Å². The summed E-state index contributed by atoms with van der Waals surface area (Å²) in [7, 11) is 3.74. The molecule has 0 aliphatic heterocycles. The number of carbonyl (C=O) groups is 1. The van der Waals surface area contributed by atoms with Crippen LogP contribution < -0.4 is 0 Å². The highest BCUT2D eigenvalue weighted by Crippen LogP contribution is 2.25. The SMILES string of the molecule is CN(C)CC(C(=O)O)c1ccccc1Br. The van der Waals surface area contributed by atoms with E-state index >= 15 is 0 Å². The Bertz CT molecular complexity index is 352. The van der Waals surface area contributed by atoms with Crippen molar-refractivity contribution in [3.05, 3.63) is 34.3 Å². The normalized spacial score (nSPS) is 12.8. The highest BCUT2D eigenvalue weighted by molar-refractivity contribution is 9.10. The van der Waals surface area contributed by atoms with Gasteiger partial charge in [0.05, 0.1) is 5.92 Å². The molecule has 0 saturated carbocycles. The maximum absolute atomic E-state index is 11.1. The van der Waals surface area contributed by atoms with Crippen molar-refractivity contribution in [3.63, 3.8) is 0 Å². The van der Waals surface area contributed by atoms with Gasteiger partial charge in [0.2, 0.25) is 0 Å². The van der Waals surface area contributed by atoms with Crippen LogP contribution in [0, 0.1) is 0 Å². The third kappa shape index (κ3) is 3.32. The van der Waals surface area contributed by atoms with Crippen molar-refractivity contribution in [2.24, 2.45) is 0 Å². The number of nitrogens with zero attached hydrogens (tertiary/aromatic N) is 1. The van der Waals surface area contributed by atoms with Gasteiger partial charge in [-0.25, -0.2) is 0 Å². The molecule has 0 spiro atoms. The van der Waals surface area contributed by atoms with E-state index in [9.17, 15) is 4.79 Å². The van der Waals surface area contributed by atoms with Crippen LogP contribution in [0.4, 0.5) is 0 Å². The lowest BCUT2D eigenvalue weighted by Gasteiger charge is -2.18. The molecule has 0 aromatic heterocycles. The largest absolute Gasteiger partial charge is 0.481 e. The van der Waals surface area contributed by atoms with E-state index < -0.39 is 11.9 Å². The molecule has 0 heterocycles. The minimum atomic E-state index is -0.796. The number of hydrogen-bond acceptors (Lipinski definition) is 2. The molecule has 0 radical (unpaired) electrons. The third-order valence-electron chi connectivity index (χ3n) is 2.13. The Morgan fingerprint density at radius 3 is 2.53 bits per heavy atom. The second kappa shape index (κ2) is 5.28. The summed E-state index contributed by atoms with van der Waals surface area (Å²) in [6.45, 7) is 0.498. The Hall–Kier alpha value is -0.870. The lowest BCUT2D eigenvalue weighted by atomic mass is 9.99. The van der Waals surface area contributed by atoms with E-state index in [0.29, 0.717) is 6.54 Å². The van der Waals surface area contributed by atoms with Crippen molar-refractivity contribution in [2.45, 2.75) is 5.92 Å². The van der Waals surface area contributed by atoms with Crippen molar-refractivity contribution in [1.29, 1.82) is 0 Å². The highest BCUT2D eigenvalue weighted by atomic mass is 79.9. The standard InChI is InChI=1S/C11H14BrNO2/c1-13(2)7-9(11(14)15)8-5-3-4-6-10(8)12/h3-6,9H,7H2,1-2H3,(H,14,15). The number of carboxylic acid groups (broad SMARTS) is 1. The van der Waals surface area contributed by atoms with Gasteiger partial charge < -0.3 is 10.0 Å². The zero-order chi connectivity index (χ0) is 11.4. The van der Waals surface area contributed by atoms with Gasteiger partial charge in [0.25, 0.3) is 0 Å². The molecule has 1 unspecified atom stereocenters. The zero-order valence-electron chi connectivity index (χ0n) is 8.77. The number of carboxylic acids is 1. The van der Waals surface area contributed by atoms with E-state index in [1.54, 1.807) is 0 Å². The van der Waals surface area contributed by atoms with Gasteiger partial charge in [0.1, 0.15) is 0 Å². The Morgan fingerprint density at radius 1 is 1.47 bits per heavy atom. The van der Waals surface area contributed by atoms with Gasteiger partial charge in [-0.2, -0.15) is 0 Å². The molecule has 0 bridgehead atoms. The van der Waals surface area contributed by atoms with E-state index in [2.05, 4.69) is 15.9 Å². The van der Waals surface area contributed by atoms with Crippen molar-refractivity contribution in [1.82, 2.24) is 4.90 Å². The first kappa shape index (κ1) is 12.2. The molecule has 1 aromatic rings. The highest BCUT2D eigenvalue weighted by Gasteiger charge is 2.22. The molecular formula is C11H14BrNO2. The summed E-state index contributed by atoms with van der Waals surface area (Å²) >= 11 is 3.37. The van der Waals surface area contributed by atoms with Crippen molar-refractivity contribution in [3.8, 4) is 0 Å². The van der Waals surface area contributed by atoms with Crippen molar-refractivity contribution in [2.75, 3.05) is 20.6 Å². The summed E-state index contributed by atoms with van der Waals surface area (Å²) in [5.74, 6) is -1.29. The first-order valence-corrected chi connectivity index (χ1v) is 5.43. The number of rotatable bonds is 4. The molecule has 1 N–H and O–H groups in total. The molecule has 1 aromatic carbocycles. The first-order chi connectivity index (χ1) is 7.02. The van der Waals surface area contributed by atoms with Crippen LogP contribution in [0.2, 0.25) is 0 Å². The van der Waals surface area contributed by atoms with Crippen LogP contribution in [0.15, 0.2) is 28.7 Å². The summed E-state index contributed by atoms with van der Waals surface area (Å²) in [4.78, 5) is 13.0. The number of halogens is 1. The fourth-order valence-corrected chi connectivity index (χ4v) is 1.99. The fourth-order valence-electron chi connectivity index (χ4n) is 1.43. The summed E-state index contributed by atoms with van der Waals surface area (Å²) in [5.41, 5.74) is 0.818. The monoisotopic (exact) mass is 271 g/mol. The number of hydrogen-bond donors (Lipinski definition) is 1. The van der Waals surface area contributed by atoms with Crippen molar-refractivity contribution >= 4 is 21.9 Å². The van der Waals surface area contributed by atoms with E-state index in [-0.39, 0.29) is 0 Å². The van der Waals surface area contributed by atoms with Gasteiger partial charge >= 0.3 is 5.97 Å². The van der Waals surface area contributed by atoms with Crippen LogP contribution >= 0.6 is 15.9 Å². The van der Waals surface area contributed by atoms with Crippen LogP contribution in [-0.4, -0.2) is 36.6 Å². The predicted octanol–water partition coefficient (Wildman–Crippen LogP) is 2.18. The summed E-state index contributed by atoms with van der Waals surface area (Å²) < 4.78 is 0.847. The Morgan fingerprint density at radius 2 is 2.07 bits per heavy atom. The van der Waals surface area contributed by atoms with Gasteiger partial charge in [-0.3, -0.25) is 4.79 Å². The smallest absolute Gasteiger partial charge is 0.312 e. The van der Waals surface area contributed by atoms with E-state index in [1.807, 2.05) is 43.3 Å². The molecule has 1 atom stereocenters. The molecule has 0 fully saturated rings. The van der Waals surface area contributed by atoms with Crippen LogP contribution in [0.1, 0.15) is 11.5 Å².